The van der Waals surface area contributed by atoms with Crippen molar-refractivity contribution in [3.63, 3.8) is 0 Å². The molecule has 0 bridgehead atoms. The molecule has 0 aromatic heterocycles. The minimum Gasteiger partial charge on any atom is -0.481 e. The highest BCUT2D eigenvalue weighted by atomic mass is 16.4. The maximum atomic E-state index is 10.6. The Kier molecular flexibility index (Phi) is 4.22. The number of nitrogens with one attached hydrogen (secondary N) is 1. The molecule has 0 radical (unpaired) electrons. The largest absolute Gasteiger partial charge is 0.481 e. The van der Waals surface area contributed by atoms with Crippen molar-refractivity contribution in [1.82, 2.24) is 5.32 Å². The third kappa shape index (κ3) is 3.35. The Morgan fingerprint density at radius 3 is 2.85 bits per heavy atom. The monoisotopic (exact) mass is 185 g/mol. The van der Waals surface area contributed by atoms with Crippen molar-refractivity contribution < 1.29 is 9.90 Å². The first-order valence-corrected chi connectivity index (χ1v) is 5.20. The molecule has 3 heteroatoms. The molecule has 1 aliphatic carbocycles. The fourth-order valence-corrected chi connectivity index (χ4v) is 1.87. The first kappa shape index (κ1) is 10.5. The van der Waals surface area contributed by atoms with Crippen LogP contribution in [0.25, 0.3) is 0 Å². The predicted octanol–water partition coefficient (Wildman–Crippen LogP) is 1.63. The molecule has 1 aliphatic rings. The van der Waals surface area contributed by atoms with Crippen LogP contribution < -0.4 is 5.32 Å². The molecule has 1 saturated carbocycles. The Morgan fingerprint density at radius 2 is 2.31 bits per heavy atom. The van der Waals surface area contributed by atoms with Gasteiger partial charge in [-0.3, -0.25) is 4.79 Å². The number of hydrogen-bond donors (Lipinski definition) is 2. The van der Waals surface area contributed by atoms with Crippen LogP contribution in [-0.2, 0) is 4.79 Å². The summed E-state index contributed by atoms with van der Waals surface area (Å²) in [4.78, 5) is 10.6. The molecule has 76 valence electrons. The highest BCUT2D eigenvalue weighted by molar-refractivity contribution is 5.70. The average Bonchev–Trinajstić information content (AvgIpc) is 2.53. The van der Waals surface area contributed by atoms with Gasteiger partial charge in [0.25, 0.3) is 0 Å². The van der Waals surface area contributed by atoms with E-state index in [0.717, 1.165) is 25.8 Å². The van der Waals surface area contributed by atoms with E-state index < -0.39 is 5.97 Å². The van der Waals surface area contributed by atoms with Crippen LogP contribution in [0.15, 0.2) is 0 Å². The minimum atomic E-state index is -0.625. The van der Waals surface area contributed by atoms with Gasteiger partial charge in [0.15, 0.2) is 0 Å². The van der Waals surface area contributed by atoms with E-state index in [1.165, 1.54) is 12.8 Å². The normalized spacial score (nSPS) is 27.8. The number of aliphatic carboxylic acids is 1. The van der Waals surface area contributed by atoms with Gasteiger partial charge >= 0.3 is 5.97 Å². The van der Waals surface area contributed by atoms with Crippen LogP contribution in [0.3, 0.4) is 0 Å². The molecule has 0 aliphatic heterocycles. The second kappa shape index (κ2) is 5.22. The van der Waals surface area contributed by atoms with Crippen molar-refractivity contribution in [3.8, 4) is 0 Å². The van der Waals surface area contributed by atoms with E-state index in [1.807, 2.05) is 0 Å². The molecule has 0 amide bonds. The van der Waals surface area contributed by atoms with Gasteiger partial charge in [-0.25, -0.2) is 0 Å². The highest BCUT2D eigenvalue weighted by Gasteiger charge is 2.28. The number of hydrogen-bond acceptors (Lipinski definition) is 2. The highest BCUT2D eigenvalue weighted by Crippen LogP contribution is 2.25. The molecule has 0 heterocycles. The quantitative estimate of drug-likeness (QED) is 0.640. The number of rotatable bonds is 5. The van der Waals surface area contributed by atoms with Crippen LogP contribution >= 0.6 is 0 Å². The average molecular weight is 185 g/mol. The second-order valence-electron chi connectivity index (χ2n) is 3.85. The van der Waals surface area contributed by atoms with Crippen LogP contribution in [0.4, 0.5) is 0 Å². The summed E-state index contributed by atoms with van der Waals surface area (Å²) in [7, 11) is 0. The molecule has 0 aromatic rings. The molecule has 2 N–H and O–H groups in total. The number of carboxylic acid groups (broad SMARTS) is 1. The van der Waals surface area contributed by atoms with Gasteiger partial charge in [-0.15, -0.1) is 0 Å². The topological polar surface area (TPSA) is 49.3 Å². The van der Waals surface area contributed by atoms with Gasteiger partial charge in [-0.2, -0.15) is 0 Å². The van der Waals surface area contributed by atoms with E-state index in [9.17, 15) is 4.79 Å². The number of unbranched alkanes of at least 4 members (excludes halogenated alkanes) is 1. The zero-order valence-electron chi connectivity index (χ0n) is 8.25. The summed E-state index contributed by atoms with van der Waals surface area (Å²) in [6, 6.07) is 0.452. The van der Waals surface area contributed by atoms with Gasteiger partial charge in [-0.05, 0) is 32.2 Å². The third-order valence-electron chi connectivity index (χ3n) is 2.75. The van der Waals surface area contributed by atoms with Crippen LogP contribution in [-0.4, -0.2) is 23.7 Å². The van der Waals surface area contributed by atoms with Gasteiger partial charge < -0.3 is 10.4 Å². The maximum Gasteiger partial charge on any atom is 0.306 e. The van der Waals surface area contributed by atoms with Crippen molar-refractivity contribution in [2.75, 3.05) is 6.54 Å². The van der Waals surface area contributed by atoms with E-state index >= 15 is 0 Å². The molecule has 3 nitrogen and oxygen atoms in total. The lowest BCUT2D eigenvalue weighted by molar-refractivity contribution is -0.141. The molecule has 0 unspecified atom stereocenters. The molecular formula is C10H19NO2. The Bertz CT molecular complexity index is 170. The van der Waals surface area contributed by atoms with E-state index in [1.54, 1.807) is 0 Å². The smallest absolute Gasteiger partial charge is 0.306 e. The number of carboxylic acids is 1. The molecule has 0 saturated heterocycles. The van der Waals surface area contributed by atoms with Gasteiger partial charge in [0.1, 0.15) is 0 Å². The van der Waals surface area contributed by atoms with E-state index in [4.69, 9.17) is 5.11 Å². The summed E-state index contributed by atoms with van der Waals surface area (Å²) < 4.78 is 0. The van der Waals surface area contributed by atoms with Crippen molar-refractivity contribution >= 4 is 5.97 Å². The molecule has 0 spiro atoms. The van der Waals surface area contributed by atoms with Gasteiger partial charge in [0.05, 0.1) is 5.92 Å². The fourth-order valence-electron chi connectivity index (χ4n) is 1.87. The van der Waals surface area contributed by atoms with Crippen LogP contribution in [0.1, 0.15) is 39.0 Å². The maximum absolute atomic E-state index is 10.6. The summed E-state index contributed by atoms with van der Waals surface area (Å²) in [5.41, 5.74) is 0. The zero-order valence-corrected chi connectivity index (χ0v) is 8.25. The molecule has 13 heavy (non-hydrogen) atoms. The lowest BCUT2D eigenvalue weighted by Gasteiger charge is -2.11. The summed E-state index contributed by atoms with van der Waals surface area (Å²) in [5, 5.41) is 12.2. The van der Waals surface area contributed by atoms with Crippen LogP contribution in [0.2, 0.25) is 0 Å². The number of carbonyl (C=O) groups is 1. The van der Waals surface area contributed by atoms with Gasteiger partial charge in [0.2, 0.25) is 0 Å². The molecule has 1 rings (SSSR count). The summed E-state index contributed by atoms with van der Waals surface area (Å²) in [5.74, 6) is -0.723. The zero-order chi connectivity index (χ0) is 9.68. The lowest BCUT2D eigenvalue weighted by Crippen LogP contribution is -2.28. The van der Waals surface area contributed by atoms with Gasteiger partial charge in [0, 0.05) is 6.04 Å². The third-order valence-corrected chi connectivity index (χ3v) is 2.75. The van der Waals surface area contributed by atoms with Crippen molar-refractivity contribution in [2.24, 2.45) is 5.92 Å². The standard InChI is InChI=1S/C10H19NO2/c1-2-3-6-11-9-5-4-8(7-9)10(12)13/h8-9,11H,2-7H2,1H3,(H,12,13)/t8-,9+/m0/s1. The van der Waals surface area contributed by atoms with Crippen molar-refractivity contribution in [2.45, 2.75) is 45.1 Å². The Morgan fingerprint density at radius 1 is 1.54 bits per heavy atom. The molecule has 2 atom stereocenters. The Labute approximate surface area is 79.5 Å². The van der Waals surface area contributed by atoms with E-state index in [-0.39, 0.29) is 5.92 Å². The Hall–Kier alpha value is -0.570. The first-order valence-electron chi connectivity index (χ1n) is 5.20. The molecule has 0 aromatic carbocycles. The molecular weight excluding hydrogens is 166 g/mol. The first-order chi connectivity index (χ1) is 6.24. The van der Waals surface area contributed by atoms with Crippen molar-refractivity contribution in [3.05, 3.63) is 0 Å². The Balaban J connectivity index is 2.14. The van der Waals surface area contributed by atoms with Crippen LogP contribution in [0.5, 0.6) is 0 Å². The van der Waals surface area contributed by atoms with Crippen LogP contribution in [0, 0.1) is 5.92 Å². The minimum absolute atomic E-state index is 0.0980. The van der Waals surface area contributed by atoms with Gasteiger partial charge in [-0.1, -0.05) is 13.3 Å². The summed E-state index contributed by atoms with van der Waals surface area (Å²) in [6.07, 6.45) is 5.08. The predicted molar refractivity (Wildman–Crippen MR) is 51.7 cm³/mol. The lowest BCUT2D eigenvalue weighted by atomic mass is 10.1. The van der Waals surface area contributed by atoms with E-state index in [0.29, 0.717) is 6.04 Å². The van der Waals surface area contributed by atoms with Crippen molar-refractivity contribution in [1.29, 1.82) is 0 Å². The molecule has 1 fully saturated rings. The van der Waals surface area contributed by atoms with E-state index in [2.05, 4.69) is 12.2 Å². The fraction of sp³-hybridized carbons (Fsp3) is 0.900. The SMILES string of the molecule is CCCCN[C@@H]1CC[C@H](C(=O)O)C1. The second-order valence-corrected chi connectivity index (χ2v) is 3.85. The summed E-state index contributed by atoms with van der Waals surface area (Å²) >= 11 is 0. The summed E-state index contributed by atoms with van der Waals surface area (Å²) in [6.45, 7) is 3.20.